The van der Waals surface area contributed by atoms with Crippen molar-refractivity contribution in [3.05, 3.63) is 76.6 Å². The number of aryl methyl sites for hydroxylation is 1. The van der Waals surface area contributed by atoms with Gasteiger partial charge in [-0.25, -0.2) is 9.18 Å². The highest BCUT2D eigenvalue weighted by Crippen LogP contribution is 2.26. The number of nitrogens with one attached hydrogen (secondary N) is 1. The predicted molar refractivity (Wildman–Crippen MR) is 104 cm³/mol. The molecule has 28 heavy (non-hydrogen) atoms. The molecule has 0 fully saturated rings. The standard InChI is InChI=1S/C22H20FNO4/c1-4-27-22(26)21-13(2)20(14(3)24-21)18(25)11-9-15-10-12-19(28-15)16-7-5-6-8-17(16)23/h5-12,24H,4H2,1-3H3/b11-9+. The van der Waals surface area contributed by atoms with Gasteiger partial charge in [-0.2, -0.15) is 0 Å². The van der Waals surface area contributed by atoms with Gasteiger partial charge in [-0.15, -0.1) is 0 Å². The fraction of sp³-hybridized carbons (Fsp3) is 0.182. The monoisotopic (exact) mass is 381 g/mol. The highest BCUT2D eigenvalue weighted by atomic mass is 19.1. The molecule has 0 spiro atoms. The Balaban J connectivity index is 1.82. The Bertz CT molecular complexity index is 1060. The third kappa shape index (κ3) is 3.81. The van der Waals surface area contributed by atoms with Crippen LogP contribution in [-0.2, 0) is 4.74 Å². The molecule has 1 N–H and O–H groups in total. The molecule has 0 saturated heterocycles. The maximum absolute atomic E-state index is 13.9. The van der Waals surface area contributed by atoms with Gasteiger partial charge < -0.3 is 14.1 Å². The number of ether oxygens (including phenoxy) is 1. The zero-order valence-electron chi connectivity index (χ0n) is 15.8. The van der Waals surface area contributed by atoms with E-state index < -0.39 is 5.97 Å². The van der Waals surface area contributed by atoms with Crippen molar-refractivity contribution in [2.75, 3.05) is 6.61 Å². The number of allylic oxidation sites excluding steroid dienone is 1. The predicted octanol–water partition coefficient (Wildman–Crippen LogP) is 5.10. The SMILES string of the molecule is CCOC(=O)c1[nH]c(C)c(C(=O)/C=C/c2ccc(-c3ccccc3F)o2)c1C. The van der Waals surface area contributed by atoms with Crippen LogP contribution in [0.5, 0.6) is 0 Å². The molecule has 144 valence electrons. The molecule has 0 aliphatic carbocycles. The average molecular weight is 381 g/mol. The van der Waals surface area contributed by atoms with Crippen molar-refractivity contribution in [1.82, 2.24) is 4.98 Å². The highest BCUT2D eigenvalue weighted by molar-refractivity contribution is 6.10. The highest BCUT2D eigenvalue weighted by Gasteiger charge is 2.21. The number of hydrogen-bond donors (Lipinski definition) is 1. The molecule has 0 unspecified atom stereocenters. The van der Waals surface area contributed by atoms with Gasteiger partial charge in [0.05, 0.1) is 12.2 Å². The van der Waals surface area contributed by atoms with Crippen molar-refractivity contribution in [2.45, 2.75) is 20.8 Å². The van der Waals surface area contributed by atoms with Crippen LogP contribution in [0.2, 0.25) is 0 Å². The van der Waals surface area contributed by atoms with Crippen LogP contribution < -0.4 is 0 Å². The van der Waals surface area contributed by atoms with E-state index in [1.807, 2.05) is 0 Å². The second-order valence-corrected chi connectivity index (χ2v) is 6.22. The Morgan fingerprint density at radius 2 is 1.93 bits per heavy atom. The molecule has 2 aromatic heterocycles. The van der Waals surface area contributed by atoms with E-state index in [0.717, 1.165) is 0 Å². The van der Waals surface area contributed by atoms with Gasteiger partial charge in [0, 0.05) is 11.3 Å². The van der Waals surface area contributed by atoms with E-state index in [0.29, 0.717) is 33.9 Å². The molecule has 0 aliphatic heterocycles. The van der Waals surface area contributed by atoms with Gasteiger partial charge in [0.25, 0.3) is 0 Å². The third-order valence-electron chi connectivity index (χ3n) is 4.33. The number of H-pyrrole nitrogens is 1. The van der Waals surface area contributed by atoms with Crippen molar-refractivity contribution in [3.8, 4) is 11.3 Å². The number of furan rings is 1. The van der Waals surface area contributed by atoms with Gasteiger partial charge in [0.1, 0.15) is 23.0 Å². The van der Waals surface area contributed by atoms with E-state index in [-0.39, 0.29) is 23.9 Å². The second kappa shape index (κ2) is 8.08. The van der Waals surface area contributed by atoms with Crippen LogP contribution in [0.1, 0.15) is 44.8 Å². The molecule has 0 bridgehead atoms. The fourth-order valence-corrected chi connectivity index (χ4v) is 3.02. The summed E-state index contributed by atoms with van der Waals surface area (Å²) in [6.45, 7) is 5.39. The van der Waals surface area contributed by atoms with Crippen LogP contribution in [-0.4, -0.2) is 23.3 Å². The second-order valence-electron chi connectivity index (χ2n) is 6.22. The molecule has 3 aromatic rings. The van der Waals surface area contributed by atoms with Crippen LogP contribution >= 0.6 is 0 Å². The molecule has 1 aromatic carbocycles. The van der Waals surface area contributed by atoms with Crippen LogP contribution in [0.15, 0.2) is 46.9 Å². The lowest BCUT2D eigenvalue weighted by atomic mass is 10.1. The number of aromatic amines is 1. The summed E-state index contributed by atoms with van der Waals surface area (Å²) >= 11 is 0. The maximum Gasteiger partial charge on any atom is 0.355 e. The normalized spacial score (nSPS) is 11.1. The number of hydrogen-bond acceptors (Lipinski definition) is 4. The molecular weight excluding hydrogens is 361 g/mol. The van der Waals surface area contributed by atoms with Crippen molar-refractivity contribution < 1.29 is 23.1 Å². The molecule has 0 atom stereocenters. The van der Waals surface area contributed by atoms with Crippen molar-refractivity contribution in [2.24, 2.45) is 0 Å². The maximum atomic E-state index is 13.9. The van der Waals surface area contributed by atoms with E-state index in [2.05, 4.69) is 4.98 Å². The van der Waals surface area contributed by atoms with E-state index in [4.69, 9.17) is 9.15 Å². The average Bonchev–Trinajstić information content (AvgIpc) is 3.25. The first-order valence-electron chi connectivity index (χ1n) is 8.85. The summed E-state index contributed by atoms with van der Waals surface area (Å²) in [5.74, 6) is -0.349. The minimum Gasteiger partial charge on any atom is -0.461 e. The first kappa shape index (κ1) is 19.4. The van der Waals surface area contributed by atoms with Gasteiger partial charge in [0.2, 0.25) is 0 Å². The number of ketones is 1. The van der Waals surface area contributed by atoms with Crippen LogP contribution in [0.25, 0.3) is 17.4 Å². The molecule has 2 heterocycles. The number of halogens is 1. The summed E-state index contributed by atoms with van der Waals surface area (Å²) in [6, 6.07) is 9.61. The Morgan fingerprint density at radius 3 is 2.64 bits per heavy atom. The quantitative estimate of drug-likeness (QED) is 0.366. The Kier molecular flexibility index (Phi) is 5.59. The van der Waals surface area contributed by atoms with Gasteiger partial charge in [-0.1, -0.05) is 12.1 Å². The lowest BCUT2D eigenvalue weighted by molar-refractivity contribution is 0.0519. The molecule has 6 heteroatoms. The minimum absolute atomic E-state index is 0.252. The van der Waals surface area contributed by atoms with E-state index >= 15 is 0 Å². The summed E-state index contributed by atoms with van der Waals surface area (Å²) in [5.41, 5.74) is 2.17. The lowest BCUT2D eigenvalue weighted by Crippen LogP contribution is -2.07. The first-order valence-corrected chi connectivity index (χ1v) is 8.85. The fourth-order valence-electron chi connectivity index (χ4n) is 3.02. The van der Waals surface area contributed by atoms with Crippen LogP contribution in [0.4, 0.5) is 4.39 Å². The summed E-state index contributed by atoms with van der Waals surface area (Å²) in [5, 5.41) is 0. The number of aromatic nitrogens is 1. The molecule has 0 aliphatic rings. The van der Waals surface area contributed by atoms with Crippen LogP contribution in [0, 0.1) is 19.7 Å². The summed E-state index contributed by atoms with van der Waals surface area (Å²) in [4.78, 5) is 27.5. The minimum atomic E-state index is -0.494. The summed E-state index contributed by atoms with van der Waals surface area (Å²) in [6.07, 6.45) is 2.88. The van der Waals surface area contributed by atoms with Crippen LogP contribution in [0.3, 0.4) is 0 Å². The Morgan fingerprint density at radius 1 is 1.18 bits per heavy atom. The van der Waals surface area contributed by atoms with Gasteiger partial charge in [0.15, 0.2) is 5.78 Å². The number of esters is 1. The van der Waals surface area contributed by atoms with Crippen molar-refractivity contribution in [3.63, 3.8) is 0 Å². The van der Waals surface area contributed by atoms with Gasteiger partial charge in [-0.3, -0.25) is 4.79 Å². The number of rotatable bonds is 6. The van der Waals surface area contributed by atoms with Crippen molar-refractivity contribution >= 4 is 17.8 Å². The molecule has 5 nitrogen and oxygen atoms in total. The largest absolute Gasteiger partial charge is 0.461 e. The molecular formula is C22H20FNO4. The Labute approximate surface area is 161 Å². The summed E-state index contributed by atoms with van der Waals surface area (Å²) in [7, 11) is 0. The number of benzene rings is 1. The van der Waals surface area contributed by atoms with Crippen molar-refractivity contribution in [1.29, 1.82) is 0 Å². The molecule has 0 radical (unpaired) electrons. The lowest BCUT2D eigenvalue weighted by Gasteiger charge is -2.00. The number of carbonyl (C=O) groups excluding carboxylic acids is 2. The van der Waals surface area contributed by atoms with E-state index in [1.54, 1.807) is 51.1 Å². The topological polar surface area (TPSA) is 72.3 Å². The first-order chi connectivity index (χ1) is 13.4. The van der Waals surface area contributed by atoms with Gasteiger partial charge in [-0.05, 0) is 62.8 Å². The van der Waals surface area contributed by atoms with Gasteiger partial charge >= 0.3 is 5.97 Å². The zero-order valence-corrected chi connectivity index (χ0v) is 15.8. The summed E-state index contributed by atoms with van der Waals surface area (Å²) < 4.78 is 24.5. The molecule has 3 rings (SSSR count). The van der Waals surface area contributed by atoms with E-state index in [9.17, 15) is 14.0 Å². The van der Waals surface area contributed by atoms with E-state index in [1.165, 1.54) is 18.2 Å². The smallest absolute Gasteiger partial charge is 0.355 e. The molecule has 0 amide bonds. The number of carbonyl (C=O) groups is 2. The zero-order chi connectivity index (χ0) is 20.3. The molecule has 0 saturated carbocycles. The third-order valence-corrected chi connectivity index (χ3v) is 4.33. The Hall–Kier alpha value is -3.41.